The molecule has 1 aromatic heterocycles. The lowest BCUT2D eigenvalue weighted by molar-refractivity contribution is 0.0882. The van der Waals surface area contributed by atoms with Gasteiger partial charge in [-0.3, -0.25) is 0 Å². The SMILES string of the molecule is CCc1ccc(CC2(CNC)CCC(C(C)(C)C)CC2)s1. The molecule has 120 valence electrons. The summed E-state index contributed by atoms with van der Waals surface area (Å²) >= 11 is 2.03. The number of nitrogens with one attached hydrogen (secondary N) is 1. The molecule has 0 aliphatic heterocycles. The first-order valence-electron chi connectivity index (χ1n) is 8.61. The average Bonchev–Trinajstić information content (AvgIpc) is 2.86. The van der Waals surface area contributed by atoms with Crippen molar-refractivity contribution in [2.24, 2.45) is 16.7 Å². The molecule has 0 atom stereocenters. The van der Waals surface area contributed by atoms with E-state index in [0.29, 0.717) is 10.8 Å². The van der Waals surface area contributed by atoms with Gasteiger partial charge in [0.05, 0.1) is 0 Å². The second-order valence-corrected chi connectivity index (χ2v) is 9.32. The number of hydrogen-bond donors (Lipinski definition) is 1. The standard InChI is InChI=1S/C19H33NS/c1-6-16-7-8-17(21-16)13-19(14-20-5)11-9-15(10-12-19)18(2,3)4/h7-8,15,20H,6,9-14H2,1-5H3. The normalized spacial score (nSPS) is 27.0. The molecule has 0 bridgehead atoms. The Labute approximate surface area is 135 Å². The molecule has 1 aliphatic rings. The Bertz CT molecular complexity index is 433. The van der Waals surface area contributed by atoms with E-state index in [1.807, 2.05) is 11.3 Å². The summed E-state index contributed by atoms with van der Waals surface area (Å²) < 4.78 is 0. The molecule has 1 fully saturated rings. The molecule has 1 aliphatic carbocycles. The van der Waals surface area contributed by atoms with Crippen molar-refractivity contribution >= 4 is 11.3 Å². The minimum absolute atomic E-state index is 0.476. The van der Waals surface area contributed by atoms with Crippen LogP contribution in [0.25, 0.3) is 0 Å². The third-order valence-electron chi connectivity index (χ3n) is 5.44. The van der Waals surface area contributed by atoms with Crippen LogP contribution in [0.3, 0.4) is 0 Å². The Morgan fingerprint density at radius 1 is 1.19 bits per heavy atom. The molecule has 0 radical (unpaired) electrons. The quantitative estimate of drug-likeness (QED) is 0.779. The Hall–Kier alpha value is -0.340. The molecule has 1 N–H and O–H groups in total. The fourth-order valence-corrected chi connectivity index (χ4v) is 5.10. The summed E-state index contributed by atoms with van der Waals surface area (Å²) in [5.41, 5.74) is 0.969. The van der Waals surface area contributed by atoms with Gasteiger partial charge in [0.25, 0.3) is 0 Å². The molecule has 1 saturated carbocycles. The monoisotopic (exact) mass is 307 g/mol. The summed E-state index contributed by atoms with van der Waals surface area (Å²) in [5.74, 6) is 0.900. The first kappa shape index (κ1) is 17.0. The van der Waals surface area contributed by atoms with E-state index < -0.39 is 0 Å². The van der Waals surface area contributed by atoms with Crippen molar-refractivity contribution in [1.29, 1.82) is 0 Å². The lowest BCUT2D eigenvalue weighted by atomic mass is 9.63. The lowest BCUT2D eigenvalue weighted by Crippen LogP contribution is -2.40. The molecule has 0 unspecified atom stereocenters. The molecular weight excluding hydrogens is 274 g/mol. The molecule has 1 aromatic rings. The van der Waals surface area contributed by atoms with Crippen molar-refractivity contribution < 1.29 is 0 Å². The highest BCUT2D eigenvalue weighted by molar-refractivity contribution is 7.11. The minimum atomic E-state index is 0.476. The van der Waals surface area contributed by atoms with E-state index in [1.165, 1.54) is 49.9 Å². The molecule has 0 saturated heterocycles. The summed E-state index contributed by atoms with van der Waals surface area (Å²) in [5, 5.41) is 3.48. The molecule has 0 aromatic carbocycles. The highest BCUT2D eigenvalue weighted by atomic mass is 32.1. The fourth-order valence-electron chi connectivity index (χ4n) is 3.96. The van der Waals surface area contributed by atoms with Crippen LogP contribution in [0.15, 0.2) is 12.1 Å². The van der Waals surface area contributed by atoms with Gasteiger partial charge in [0.15, 0.2) is 0 Å². The van der Waals surface area contributed by atoms with Crippen LogP contribution in [0.1, 0.15) is 63.1 Å². The van der Waals surface area contributed by atoms with Crippen LogP contribution in [-0.4, -0.2) is 13.6 Å². The van der Waals surface area contributed by atoms with Crippen LogP contribution in [0.4, 0.5) is 0 Å². The Morgan fingerprint density at radius 3 is 2.29 bits per heavy atom. The lowest BCUT2D eigenvalue weighted by Gasteiger charge is -2.44. The second kappa shape index (κ2) is 6.83. The zero-order valence-corrected chi connectivity index (χ0v) is 15.4. The topological polar surface area (TPSA) is 12.0 Å². The maximum absolute atomic E-state index is 3.48. The van der Waals surface area contributed by atoms with E-state index >= 15 is 0 Å². The predicted octanol–water partition coefficient (Wildman–Crippen LogP) is 5.30. The second-order valence-electron chi connectivity index (χ2n) is 8.07. The van der Waals surface area contributed by atoms with Gasteiger partial charge < -0.3 is 5.32 Å². The first-order valence-corrected chi connectivity index (χ1v) is 9.42. The van der Waals surface area contributed by atoms with Crippen molar-refractivity contribution in [3.05, 3.63) is 21.9 Å². The van der Waals surface area contributed by atoms with Crippen LogP contribution in [0.5, 0.6) is 0 Å². The van der Waals surface area contributed by atoms with Crippen molar-refractivity contribution in [2.45, 2.75) is 66.2 Å². The molecular formula is C19H33NS. The Balaban J connectivity index is 2.05. The number of thiophene rings is 1. The Kier molecular flexibility index (Phi) is 5.54. The van der Waals surface area contributed by atoms with Crippen molar-refractivity contribution in [3.63, 3.8) is 0 Å². The molecule has 2 rings (SSSR count). The average molecular weight is 308 g/mol. The van der Waals surface area contributed by atoms with Gasteiger partial charge in [-0.2, -0.15) is 0 Å². The van der Waals surface area contributed by atoms with Gasteiger partial charge in [0, 0.05) is 16.3 Å². The molecule has 2 heteroatoms. The van der Waals surface area contributed by atoms with E-state index in [2.05, 4.69) is 52.2 Å². The van der Waals surface area contributed by atoms with Gasteiger partial charge >= 0.3 is 0 Å². The van der Waals surface area contributed by atoms with Crippen LogP contribution >= 0.6 is 11.3 Å². The summed E-state index contributed by atoms with van der Waals surface area (Å²) in [6, 6.07) is 4.70. The largest absolute Gasteiger partial charge is 0.319 e. The number of aryl methyl sites for hydroxylation is 1. The van der Waals surface area contributed by atoms with E-state index in [1.54, 1.807) is 4.88 Å². The van der Waals surface area contributed by atoms with E-state index in [9.17, 15) is 0 Å². The third kappa shape index (κ3) is 4.32. The predicted molar refractivity (Wildman–Crippen MR) is 95.2 cm³/mol. The maximum Gasteiger partial charge on any atom is 0.00541 e. The summed E-state index contributed by atoms with van der Waals surface area (Å²) in [7, 11) is 2.11. The van der Waals surface area contributed by atoms with Crippen LogP contribution in [0, 0.1) is 16.7 Å². The van der Waals surface area contributed by atoms with Crippen LogP contribution in [0.2, 0.25) is 0 Å². The third-order valence-corrected chi connectivity index (χ3v) is 6.67. The van der Waals surface area contributed by atoms with E-state index in [4.69, 9.17) is 0 Å². The fraction of sp³-hybridized carbons (Fsp3) is 0.789. The number of hydrogen-bond acceptors (Lipinski definition) is 2. The van der Waals surface area contributed by atoms with Crippen molar-refractivity contribution in [3.8, 4) is 0 Å². The van der Waals surface area contributed by atoms with E-state index in [-0.39, 0.29) is 0 Å². The van der Waals surface area contributed by atoms with Gasteiger partial charge in [0.1, 0.15) is 0 Å². The molecule has 1 nitrogen and oxygen atoms in total. The highest BCUT2D eigenvalue weighted by Gasteiger charge is 2.38. The van der Waals surface area contributed by atoms with Gasteiger partial charge in [0.2, 0.25) is 0 Å². The van der Waals surface area contributed by atoms with Crippen LogP contribution < -0.4 is 5.32 Å². The van der Waals surface area contributed by atoms with Gasteiger partial charge in [-0.1, -0.05) is 27.7 Å². The molecule has 0 amide bonds. The molecule has 21 heavy (non-hydrogen) atoms. The summed E-state index contributed by atoms with van der Waals surface area (Å²) in [6.07, 6.45) is 8.02. The smallest absolute Gasteiger partial charge is 0.00541 e. The maximum atomic E-state index is 3.48. The molecule has 1 heterocycles. The molecule has 0 spiro atoms. The first-order chi connectivity index (χ1) is 9.88. The van der Waals surface area contributed by atoms with Crippen LogP contribution in [-0.2, 0) is 12.8 Å². The van der Waals surface area contributed by atoms with Gasteiger partial charge in [-0.15, -0.1) is 11.3 Å². The van der Waals surface area contributed by atoms with Gasteiger partial charge in [-0.05, 0) is 74.5 Å². The zero-order chi connectivity index (χ0) is 15.5. The number of rotatable bonds is 5. The summed E-state index contributed by atoms with van der Waals surface area (Å²) in [6.45, 7) is 10.7. The minimum Gasteiger partial charge on any atom is -0.319 e. The van der Waals surface area contributed by atoms with E-state index in [0.717, 1.165) is 5.92 Å². The summed E-state index contributed by atoms with van der Waals surface area (Å²) in [4.78, 5) is 3.13. The van der Waals surface area contributed by atoms with Gasteiger partial charge in [-0.25, -0.2) is 0 Å². The van der Waals surface area contributed by atoms with Crippen molar-refractivity contribution in [1.82, 2.24) is 5.32 Å². The zero-order valence-electron chi connectivity index (χ0n) is 14.6. The highest BCUT2D eigenvalue weighted by Crippen LogP contribution is 2.47. The van der Waals surface area contributed by atoms with Crippen molar-refractivity contribution in [2.75, 3.05) is 13.6 Å². The Morgan fingerprint density at radius 2 is 1.81 bits per heavy atom.